The molecule has 0 spiro atoms. The average molecular weight is 361 g/mol. The Labute approximate surface area is 180 Å². The predicted molar refractivity (Wildman–Crippen MR) is 86.2 cm³/mol. The minimum Gasteiger partial charge on any atom is -0.748 e. The van der Waals surface area contributed by atoms with Crippen molar-refractivity contribution in [1.82, 2.24) is 0 Å². The van der Waals surface area contributed by atoms with E-state index in [9.17, 15) is 18.1 Å². The molecule has 0 amide bonds. The first-order valence-electron chi connectivity index (χ1n) is 8.50. The molecule has 0 saturated heterocycles. The summed E-state index contributed by atoms with van der Waals surface area (Å²) in [5, 5.41) is 8.32. The topological polar surface area (TPSA) is 77.4 Å². The van der Waals surface area contributed by atoms with Crippen LogP contribution in [0.25, 0.3) is 0 Å². The second kappa shape index (κ2) is 16.0. The number of hydrogen-bond acceptors (Lipinski definition) is 4. The number of aliphatic hydroxyl groups excluding tert-OH is 1. The third-order valence-electron chi connectivity index (χ3n) is 3.89. The second-order valence-electron chi connectivity index (χ2n) is 6.17. The molecule has 1 N–H and O–H groups in total. The first-order chi connectivity index (χ1) is 9.88. The fourth-order valence-corrected chi connectivity index (χ4v) is 3.59. The minimum atomic E-state index is -4.28. The van der Waals surface area contributed by atoms with Crippen molar-refractivity contribution in [2.75, 3.05) is 0 Å². The van der Waals surface area contributed by atoms with Gasteiger partial charge >= 0.3 is 51.4 Å². The third kappa shape index (κ3) is 16.4. The molecule has 0 aliphatic rings. The Kier molecular flexibility index (Phi) is 18.7. The Morgan fingerprint density at radius 1 is 0.909 bits per heavy atom. The van der Waals surface area contributed by atoms with Crippen LogP contribution in [0.2, 0.25) is 0 Å². The van der Waals surface area contributed by atoms with Crippen LogP contribution < -0.4 is 51.4 Å². The van der Waals surface area contributed by atoms with Gasteiger partial charge in [0.15, 0.2) is 0 Å². The van der Waals surface area contributed by atoms with Gasteiger partial charge in [-0.2, -0.15) is 0 Å². The van der Waals surface area contributed by atoms with Crippen LogP contribution in [0.1, 0.15) is 90.9 Å². The fraction of sp³-hybridized carbons (Fsp3) is 1.00. The molecule has 0 aromatic carbocycles. The summed E-state index contributed by atoms with van der Waals surface area (Å²) in [6.45, 7) is 3.74. The molecule has 22 heavy (non-hydrogen) atoms. The molecule has 0 bridgehead atoms. The molecular weight excluding hydrogens is 327 g/mol. The third-order valence-corrected chi connectivity index (χ3v) is 5.14. The van der Waals surface area contributed by atoms with Crippen LogP contribution in [0, 0.1) is 0 Å². The second-order valence-corrected chi connectivity index (χ2v) is 7.82. The normalized spacial score (nSPS) is 14.4. The van der Waals surface area contributed by atoms with E-state index in [2.05, 4.69) is 6.92 Å². The van der Waals surface area contributed by atoms with E-state index in [0.717, 1.165) is 19.3 Å². The van der Waals surface area contributed by atoms with Gasteiger partial charge in [0.2, 0.25) is 0 Å². The standard InChI is InChI=1S/C16H34O4S.K/c1-3-4-5-6-7-8-9-10-11-12-13-16(14-15(2)17)21(18,19)20;/h15-17H,3-14H2,1-2H3,(H,18,19,20);/q;+1/p-1. The van der Waals surface area contributed by atoms with Crippen molar-refractivity contribution in [3.63, 3.8) is 0 Å². The zero-order chi connectivity index (χ0) is 16.1. The Balaban J connectivity index is 0. The number of unbranched alkanes of at least 4 members (excludes halogenated alkanes) is 9. The smallest absolute Gasteiger partial charge is 0.748 e. The average Bonchev–Trinajstić information content (AvgIpc) is 2.38. The van der Waals surface area contributed by atoms with E-state index in [-0.39, 0.29) is 57.8 Å². The first-order valence-corrected chi connectivity index (χ1v) is 9.97. The van der Waals surface area contributed by atoms with Crippen molar-refractivity contribution >= 4 is 10.1 Å². The minimum absolute atomic E-state index is 0. The van der Waals surface area contributed by atoms with Crippen LogP contribution in [0.15, 0.2) is 0 Å². The van der Waals surface area contributed by atoms with Gasteiger partial charge in [0.1, 0.15) is 0 Å². The molecule has 0 aliphatic carbocycles. The largest absolute Gasteiger partial charge is 1.00 e. The van der Waals surface area contributed by atoms with E-state index < -0.39 is 21.5 Å². The predicted octanol–water partition coefficient (Wildman–Crippen LogP) is 0.986. The van der Waals surface area contributed by atoms with Gasteiger partial charge in [-0.3, -0.25) is 0 Å². The van der Waals surface area contributed by atoms with E-state index >= 15 is 0 Å². The van der Waals surface area contributed by atoms with Crippen LogP contribution >= 0.6 is 0 Å². The van der Waals surface area contributed by atoms with E-state index in [1.165, 1.54) is 51.9 Å². The van der Waals surface area contributed by atoms with Crippen molar-refractivity contribution in [1.29, 1.82) is 0 Å². The Morgan fingerprint density at radius 2 is 1.32 bits per heavy atom. The van der Waals surface area contributed by atoms with Gasteiger partial charge in [-0.25, -0.2) is 8.42 Å². The summed E-state index contributed by atoms with van der Waals surface area (Å²) < 4.78 is 33.3. The molecule has 2 unspecified atom stereocenters. The summed E-state index contributed by atoms with van der Waals surface area (Å²) in [6.07, 6.45) is 11.5. The van der Waals surface area contributed by atoms with Crippen LogP contribution in [0.3, 0.4) is 0 Å². The zero-order valence-corrected chi connectivity index (χ0v) is 18.7. The molecule has 0 aliphatic heterocycles. The maximum Gasteiger partial charge on any atom is 1.00 e. The molecule has 0 aromatic heterocycles. The number of rotatable bonds is 14. The van der Waals surface area contributed by atoms with Crippen molar-refractivity contribution in [2.45, 2.75) is 102 Å². The molecule has 6 heteroatoms. The summed E-state index contributed by atoms with van der Waals surface area (Å²) >= 11 is 0. The van der Waals surface area contributed by atoms with Crippen LogP contribution in [0.5, 0.6) is 0 Å². The molecule has 2 atom stereocenters. The summed E-state index contributed by atoms with van der Waals surface area (Å²) in [6, 6.07) is 0. The summed E-state index contributed by atoms with van der Waals surface area (Å²) in [4.78, 5) is 0. The van der Waals surface area contributed by atoms with E-state index in [0.29, 0.717) is 6.42 Å². The van der Waals surface area contributed by atoms with E-state index in [1.54, 1.807) is 0 Å². The van der Waals surface area contributed by atoms with Gasteiger partial charge in [0.05, 0.1) is 21.5 Å². The van der Waals surface area contributed by atoms with Gasteiger partial charge in [-0.1, -0.05) is 71.1 Å². The molecule has 0 radical (unpaired) electrons. The quantitative estimate of drug-likeness (QED) is 0.285. The van der Waals surface area contributed by atoms with Crippen LogP contribution in [0.4, 0.5) is 0 Å². The summed E-state index contributed by atoms with van der Waals surface area (Å²) in [5.74, 6) is 0. The van der Waals surface area contributed by atoms with Gasteiger partial charge in [0, 0.05) is 0 Å². The maximum absolute atomic E-state index is 11.1. The van der Waals surface area contributed by atoms with Crippen LogP contribution in [-0.2, 0) is 10.1 Å². The van der Waals surface area contributed by atoms with Gasteiger partial charge in [0.25, 0.3) is 0 Å². The SMILES string of the molecule is CCCCCCCCCCCCC(CC(C)O)S(=O)(=O)[O-].[K+]. The van der Waals surface area contributed by atoms with Gasteiger partial charge in [-0.05, 0) is 19.8 Å². The van der Waals surface area contributed by atoms with Gasteiger partial charge < -0.3 is 9.66 Å². The molecule has 0 rings (SSSR count). The first kappa shape index (κ1) is 25.7. The van der Waals surface area contributed by atoms with Crippen LogP contribution in [-0.4, -0.2) is 29.4 Å². The molecular formula is C16H33KO4S. The summed E-state index contributed by atoms with van der Waals surface area (Å²) in [5.41, 5.74) is 0. The zero-order valence-electron chi connectivity index (χ0n) is 14.7. The molecule has 128 valence electrons. The van der Waals surface area contributed by atoms with E-state index in [4.69, 9.17) is 0 Å². The summed E-state index contributed by atoms with van der Waals surface area (Å²) in [7, 11) is -4.28. The Morgan fingerprint density at radius 3 is 1.68 bits per heavy atom. The maximum atomic E-state index is 11.1. The molecule has 0 saturated carbocycles. The van der Waals surface area contributed by atoms with Crippen molar-refractivity contribution in [3.8, 4) is 0 Å². The Hall–Kier alpha value is 1.51. The monoisotopic (exact) mass is 360 g/mol. The van der Waals surface area contributed by atoms with Crippen molar-refractivity contribution < 1.29 is 69.5 Å². The van der Waals surface area contributed by atoms with Gasteiger partial charge in [-0.15, -0.1) is 0 Å². The molecule has 4 nitrogen and oxygen atoms in total. The van der Waals surface area contributed by atoms with E-state index in [1.807, 2.05) is 0 Å². The van der Waals surface area contributed by atoms with Crippen molar-refractivity contribution in [3.05, 3.63) is 0 Å². The Bertz CT molecular complexity index is 331. The number of hydrogen-bond donors (Lipinski definition) is 1. The van der Waals surface area contributed by atoms with Crippen molar-refractivity contribution in [2.24, 2.45) is 0 Å². The fourth-order valence-electron chi connectivity index (χ4n) is 2.62. The molecule has 0 aromatic rings. The molecule has 0 heterocycles. The molecule has 0 fully saturated rings. The number of aliphatic hydroxyl groups is 1.